The standard InChI is InChI=1S/C12H20O2.C2H6/c1-8(2)11-6-5-9(3)7-12(11)14-10(4)13;1-2/h7-8,11-12H,5-6H2,1-4H3;1-2H3. The van der Waals surface area contributed by atoms with Crippen LogP contribution in [0.4, 0.5) is 0 Å². The van der Waals surface area contributed by atoms with E-state index in [-0.39, 0.29) is 12.1 Å². The normalized spacial score (nSPS) is 24.3. The van der Waals surface area contributed by atoms with Gasteiger partial charge < -0.3 is 4.74 Å². The molecule has 0 aromatic carbocycles. The van der Waals surface area contributed by atoms with Crippen LogP contribution in [0.25, 0.3) is 0 Å². The van der Waals surface area contributed by atoms with Crippen molar-refractivity contribution in [2.75, 3.05) is 0 Å². The van der Waals surface area contributed by atoms with Crippen LogP contribution >= 0.6 is 0 Å². The first-order valence-corrected chi connectivity index (χ1v) is 6.35. The van der Waals surface area contributed by atoms with Crippen molar-refractivity contribution in [3.8, 4) is 0 Å². The van der Waals surface area contributed by atoms with Crippen LogP contribution in [0.3, 0.4) is 0 Å². The average molecular weight is 226 g/mol. The van der Waals surface area contributed by atoms with Gasteiger partial charge in [0, 0.05) is 12.8 Å². The molecule has 16 heavy (non-hydrogen) atoms. The third-order valence-electron chi connectivity index (χ3n) is 2.90. The highest BCUT2D eigenvalue weighted by Gasteiger charge is 2.28. The molecule has 0 bridgehead atoms. The van der Waals surface area contributed by atoms with Crippen molar-refractivity contribution in [2.45, 2.75) is 60.5 Å². The lowest BCUT2D eigenvalue weighted by Gasteiger charge is -2.31. The Balaban J connectivity index is 0.00000106. The third kappa shape index (κ3) is 4.82. The van der Waals surface area contributed by atoms with Gasteiger partial charge in [0.25, 0.3) is 0 Å². The van der Waals surface area contributed by atoms with E-state index in [0.717, 1.165) is 12.8 Å². The lowest BCUT2D eigenvalue weighted by atomic mass is 9.80. The minimum atomic E-state index is -0.174. The van der Waals surface area contributed by atoms with Crippen LogP contribution in [0.1, 0.15) is 54.4 Å². The van der Waals surface area contributed by atoms with E-state index < -0.39 is 0 Å². The van der Waals surface area contributed by atoms with Crippen molar-refractivity contribution in [2.24, 2.45) is 11.8 Å². The smallest absolute Gasteiger partial charge is 0.303 e. The summed E-state index contributed by atoms with van der Waals surface area (Å²) in [6, 6.07) is 0. The number of hydrogen-bond donors (Lipinski definition) is 0. The highest BCUT2D eigenvalue weighted by molar-refractivity contribution is 5.66. The van der Waals surface area contributed by atoms with Crippen LogP contribution in [0.5, 0.6) is 0 Å². The molecule has 0 aromatic heterocycles. The summed E-state index contributed by atoms with van der Waals surface area (Å²) in [5.74, 6) is 0.887. The molecule has 1 rings (SSSR count). The molecule has 0 radical (unpaired) electrons. The molecular formula is C14H26O2. The number of allylic oxidation sites excluding steroid dienone is 1. The summed E-state index contributed by atoms with van der Waals surface area (Å²) in [5, 5.41) is 0. The molecule has 0 aromatic rings. The lowest BCUT2D eigenvalue weighted by molar-refractivity contribution is -0.147. The Morgan fingerprint density at radius 2 is 2.00 bits per heavy atom. The van der Waals surface area contributed by atoms with E-state index in [2.05, 4.69) is 26.8 Å². The fourth-order valence-electron chi connectivity index (χ4n) is 2.07. The Kier molecular flexibility index (Phi) is 7.11. The summed E-state index contributed by atoms with van der Waals surface area (Å²) < 4.78 is 5.32. The number of carbonyl (C=O) groups is 1. The predicted molar refractivity (Wildman–Crippen MR) is 68.2 cm³/mol. The minimum Gasteiger partial charge on any atom is -0.458 e. The fraction of sp³-hybridized carbons (Fsp3) is 0.786. The maximum Gasteiger partial charge on any atom is 0.303 e. The molecular weight excluding hydrogens is 200 g/mol. The van der Waals surface area contributed by atoms with Gasteiger partial charge in [-0.25, -0.2) is 0 Å². The van der Waals surface area contributed by atoms with Gasteiger partial charge in [0.2, 0.25) is 0 Å². The topological polar surface area (TPSA) is 26.3 Å². The van der Waals surface area contributed by atoms with Crippen LogP contribution in [0, 0.1) is 11.8 Å². The number of hydrogen-bond acceptors (Lipinski definition) is 2. The molecule has 0 saturated carbocycles. The van der Waals surface area contributed by atoms with Gasteiger partial charge in [-0.15, -0.1) is 0 Å². The predicted octanol–water partition coefficient (Wildman–Crippen LogP) is 3.96. The zero-order chi connectivity index (χ0) is 12.7. The second-order valence-electron chi connectivity index (χ2n) is 4.53. The van der Waals surface area contributed by atoms with Gasteiger partial charge in [0.1, 0.15) is 6.10 Å². The Labute approximate surface area is 100 Å². The summed E-state index contributed by atoms with van der Waals surface area (Å²) in [7, 11) is 0. The van der Waals surface area contributed by atoms with Gasteiger partial charge in [-0.2, -0.15) is 0 Å². The highest BCUT2D eigenvalue weighted by atomic mass is 16.5. The number of carbonyl (C=O) groups excluding carboxylic acids is 1. The van der Waals surface area contributed by atoms with E-state index in [4.69, 9.17) is 4.74 Å². The summed E-state index contributed by atoms with van der Waals surface area (Å²) in [5.41, 5.74) is 1.34. The first kappa shape index (κ1) is 15.2. The molecule has 0 spiro atoms. The summed E-state index contributed by atoms with van der Waals surface area (Å²) >= 11 is 0. The molecule has 0 saturated heterocycles. The third-order valence-corrected chi connectivity index (χ3v) is 2.90. The number of ether oxygens (including phenoxy) is 1. The molecule has 2 heteroatoms. The van der Waals surface area contributed by atoms with Crippen LogP contribution in [0.2, 0.25) is 0 Å². The van der Waals surface area contributed by atoms with Crippen molar-refractivity contribution in [3.05, 3.63) is 11.6 Å². The molecule has 1 aliphatic carbocycles. The van der Waals surface area contributed by atoms with Crippen molar-refractivity contribution in [1.82, 2.24) is 0 Å². The zero-order valence-corrected chi connectivity index (χ0v) is 11.5. The molecule has 0 heterocycles. The van der Waals surface area contributed by atoms with Gasteiger partial charge in [0.05, 0.1) is 0 Å². The van der Waals surface area contributed by atoms with Gasteiger partial charge >= 0.3 is 5.97 Å². The Bertz CT molecular complexity index is 241. The van der Waals surface area contributed by atoms with Crippen LogP contribution in [0.15, 0.2) is 11.6 Å². The van der Waals surface area contributed by atoms with E-state index in [9.17, 15) is 4.79 Å². The first-order valence-electron chi connectivity index (χ1n) is 6.35. The van der Waals surface area contributed by atoms with E-state index in [1.54, 1.807) is 0 Å². The fourth-order valence-corrected chi connectivity index (χ4v) is 2.07. The average Bonchev–Trinajstić information content (AvgIpc) is 2.19. The van der Waals surface area contributed by atoms with Crippen molar-refractivity contribution in [1.29, 1.82) is 0 Å². The second kappa shape index (κ2) is 7.48. The van der Waals surface area contributed by atoms with Gasteiger partial charge in [-0.1, -0.05) is 33.3 Å². The van der Waals surface area contributed by atoms with Crippen molar-refractivity contribution in [3.63, 3.8) is 0 Å². The number of rotatable bonds is 2. The molecule has 1 aliphatic rings. The van der Waals surface area contributed by atoms with Gasteiger partial charge in [-0.3, -0.25) is 4.79 Å². The molecule has 0 N–H and O–H groups in total. The van der Waals surface area contributed by atoms with Crippen molar-refractivity contribution >= 4 is 5.97 Å². The van der Waals surface area contributed by atoms with E-state index >= 15 is 0 Å². The van der Waals surface area contributed by atoms with Gasteiger partial charge in [-0.05, 0) is 31.8 Å². The van der Waals surface area contributed by atoms with E-state index in [1.807, 2.05) is 13.8 Å². The zero-order valence-electron chi connectivity index (χ0n) is 11.5. The van der Waals surface area contributed by atoms with Crippen LogP contribution in [-0.2, 0) is 9.53 Å². The second-order valence-corrected chi connectivity index (χ2v) is 4.53. The number of esters is 1. The molecule has 94 valence electrons. The molecule has 2 nitrogen and oxygen atoms in total. The molecule has 0 fully saturated rings. The largest absolute Gasteiger partial charge is 0.458 e. The van der Waals surface area contributed by atoms with Crippen LogP contribution in [-0.4, -0.2) is 12.1 Å². The van der Waals surface area contributed by atoms with Gasteiger partial charge in [0.15, 0.2) is 0 Å². The molecule has 2 unspecified atom stereocenters. The minimum absolute atomic E-state index is 0.00116. The molecule has 0 amide bonds. The lowest BCUT2D eigenvalue weighted by Crippen LogP contribution is -2.30. The van der Waals surface area contributed by atoms with E-state index in [1.165, 1.54) is 12.5 Å². The SMILES string of the molecule is CC.CC(=O)OC1C=C(C)CCC1C(C)C. The van der Waals surface area contributed by atoms with E-state index in [0.29, 0.717) is 11.8 Å². The maximum absolute atomic E-state index is 10.9. The first-order chi connectivity index (χ1) is 7.50. The Hall–Kier alpha value is -0.790. The highest BCUT2D eigenvalue weighted by Crippen LogP contribution is 2.31. The molecule has 2 atom stereocenters. The monoisotopic (exact) mass is 226 g/mol. The maximum atomic E-state index is 10.9. The molecule has 0 aliphatic heterocycles. The quantitative estimate of drug-likeness (QED) is 0.526. The summed E-state index contributed by atoms with van der Waals surface area (Å²) in [4.78, 5) is 10.9. The Morgan fingerprint density at radius 3 is 2.44 bits per heavy atom. The summed E-state index contributed by atoms with van der Waals surface area (Å²) in [6.45, 7) is 12.0. The Morgan fingerprint density at radius 1 is 1.44 bits per heavy atom. The van der Waals surface area contributed by atoms with Crippen molar-refractivity contribution < 1.29 is 9.53 Å². The summed E-state index contributed by atoms with van der Waals surface area (Å²) in [6.07, 6.45) is 4.38. The van der Waals surface area contributed by atoms with Crippen LogP contribution < -0.4 is 0 Å².